The Morgan fingerprint density at radius 3 is 3.07 bits per heavy atom. The Morgan fingerprint density at radius 2 is 2.17 bits per heavy atom. The topological polar surface area (TPSA) is 88.9 Å². The van der Waals surface area contributed by atoms with Crippen LogP contribution in [-0.2, 0) is 28.9 Å². The quantitative estimate of drug-likeness (QED) is 0.703. The standard InChI is InChI=1S/C22H26N6O2/c29-22(8-9-28-20-7-2-1-4-16(20)14-25-28)27-10-11-30-21(15-27)19-6-3-5-18(26-19)17-12-23-24-13-17/h3,5-6,12-14,21H,1-2,4,7-11,15H2,(H,23,24)/t21-/m0/s1. The number of pyridine rings is 1. The Kier molecular flexibility index (Phi) is 5.31. The Morgan fingerprint density at radius 1 is 1.23 bits per heavy atom. The van der Waals surface area contributed by atoms with Crippen molar-refractivity contribution in [2.24, 2.45) is 0 Å². The smallest absolute Gasteiger partial charge is 0.224 e. The number of morpholine rings is 1. The van der Waals surface area contributed by atoms with E-state index in [1.807, 2.05) is 40.2 Å². The first-order valence-corrected chi connectivity index (χ1v) is 10.7. The highest BCUT2D eigenvalue weighted by molar-refractivity contribution is 5.76. The van der Waals surface area contributed by atoms with Crippen LogP contribution >= 0.6 is 0 Å². The molecule has 3 aromatic heterocycles. The van der Waals surface area contributed by atoms with Crippen LogP contribution in [0.1, 0.15) is 42.3 Å². The Bertz CT molecular complexity index is 1010. The van der Waals surface area contributed by atoms with E-state index in [1.54, 1.807) is 6.20 Å². The van der Waals surface area contributed by atoms with E-state index in [-0.39, 0.29) is 12.0 Å². The molecule has 0 saturated carbocycles. The van der Waals surface area contributed by atoms with Crippen molar-refractivity contribution in [3.05, 3.63) is 53.7 Å². The first-order chi connectivity index (χ1) is 14.8. The molecule has 1 atom stereocenters. The Labute approximate surface area is 175 Å². The zero-order valence-corrected chi connectivity index (χ0v) is 17.0. The second-order valence-electron chi connectivity index (χ2n) is 7.93. The van der Waals surface area contributed by atoms with Gasteiger partial charge in [-0.05, 0) is 43.4 Å². The monoisotopic (exact) mass is 406 g/mol. The third kappa shape index (κ3) is 3.87. The Balaban J connectivity index is 1.23. The summed E-state index contributed by atoms with van der Waals surface area (Å²) in [6, 6.07) is 5.87. The van der Waals surface area contributed by atoms with Crippen molar-refractivity contribution in [1.82, 2.24) is 29.9 Å². The van der Waals surface area contributed by atoms with Gasteiger partial charge in [0.05, 0.1) is 36.9 Å². The molecule has 0 spiro atoms. The van der Waals surface area contributed by atoms with Crippen LogP contribution in [0.15, 0.2) is 36.8 Å². The number of amides is 1. The maximum Gasteiger partial charge on any atom is 0.224 e. The van der Waals surface area contributed by atoms with Crippen molar-refractivity contribution in [3.63, 3.8) is 0 Å². The van der Waals surface area contributed by atoms with Crippen LogP contribution < -0.4 is 0 Å². The first-order valence-electron chi connectivity index (χ1n) is 10.7. The molecule has 8 heteroatoms. The lowest BCUT2D eigenvalue weighted by molar-refractivity contribution is -0.139. The largest absolute Gasteiger partial charge is 0.368 e. The number of ether oxygens (including phenoxy) is 1. The lowest BCUT2D eigenvalue weighted by Crippen LogP contribution is -2.42. The first kappa shape index (κ1) is 19.0. The molecule has 1 fully saturated rings. The maximum absolute atomic E-state index is 12.9. The zero-order chi connectivity index (χ0) is 20.3. The third-order valence-electron chi connectivity index (χ3n) is 6.00. The fourth-order valence-electron chi connectivity index (χ4n) is 4.35. The molecular formula is C22H26N6O2. The summed E-state index contributed by atoms with van der Waals surface area (Å²) in [5, 5.41) is 11.3. The van der Waals surface area contributed by atoms with Gasteiger partial charge in [-0.15, -0.1) is 0 Å². The molecule has 5 rings (SSSR count). The molecule has 0 bridgehead atoms. The maximum atomic E-state index is 12.9. The number of aromatic nitrogens is 5. The molecule has 0 aromatic carbocycles. The van der Waals surface area contributed by atoms with Crippen LogP contribution in [-0.4, -0.2) is 55.5 Å². The average Bonchev–Trinajstić information content (AvgIpc) is 3.48. The van der Waals surface area contributed by atoms with Crippen LogP contribution in [0.3, 0.4) is 0 Å². The third-order valence-corrected chi connectivity index (χ3v) is 6.00. The molecule has 2 aliphatic rings. The predicted molar refractivity (Wildman–Crippen MR) is 111 cm³/mol. The Hall–Kier alpha value is -3.00. The fourth-order valence-corrected chi connectivity index (χ4v) is 4.35. The molecule has 1 saturated heterocycles. The molecule has 156 valence electrons. The van der Waals surface area contributed by atoms with Crippen molar-refractivity contribution >= 4 is 5.91 Å². The molecule has 0 unspecified atom stereocenters. The number of hydrogen-bond acceptors (Lipinski definition) is 5. The van der Waals surface area contributed by atoms with Crippen molar-refractivity contribution in [1.29, 1.82) is 0 Å². The summed E-state index contributed by atoms with van der Waals surface area (Å²) in [5.74, 6) is 0.148. The minimum absolute atomic E-state index is 0.148. The molecular weight excluding hydrogens is 380 g/mol. The second kappa shape index (κ2) is 8.39. The number of aryl methyl sites for hydroxylation is 2. The number of rotatable bonds is 5. The summed E-state index contributed by atoms with van der Waals surface area (Å²) in [5.41, 5.74) is 5.28. The molecule has 1 aliphatic carbocycles. The number of aromatic amines is 1. The van der Waals surface area contributed by atoms with Crippen LogP contribution in [0.5, 0.6) is 0 Å². The van der Waals surface area contributed by atoms with Gasteiger partial charge in [-0.3, -0.25) is 14.6 Å². The van der Waals surface area contributed by atoms with Gasteiger partial charge in [-0.25, -0.2) is 4.98 Å². The van der Waals surface area contributed by atoms with Crippen LogP contribution in [0.4, 0.5) is 0 Å². The van der Waals surface area contributed by atoms with Gasteiger partial charge < -0.3 is 9.64 Å². The van der Waals surface area contributed by atoms with Gasteiger partial charge in [-0.2, -0.15) is 10.2 Å². The second-order valence-corrected chi connectivity index (χ2v) is 7.93. The fraction of sp³-hybridized carbons (Fsp3) is 0.455. The molecule has 0 radical (unpaired) electrons. The van der Waals surface area contributed by atoms with Crippen molar-refractivity contribution in [2.45, 2.75) is 44.8 Å². The summed E-state index contributed by atoms with van der Waals surface area (Å²) in [6.45, 7) is 2.31. The normalized spacial score (nSPS) is 18.9. The number of hydrogen-bond donors (Lipinski definition) is 1. The summed E-state index contributed by atoms with van der Waals surface area (Å²) in [4.78, 5) is 19.5. The molecule has 1 N–H and O–H groups in total. The summed E-state index contributed by atoms with van der Waals surface area (Å²) < 4.78 is 7.97. The number of fused-ring (bicyclic) bond motifs is 1. The van der Waals surface area contributed by atoms with Gasteiger partial charge in [-0.1, -0.05) is 6.07 Å². The van der Waals surface area contributed by atoms with Gasteiger partial charge in [0.2, 0.25) is 5.91 Å². The number of carbonyl (C=O) groups is 1. The highest BCUT2D eigenvalue weighted by Gasteiger charge is 2.27. The molecule has 30 heavy (non-hydrogen) atoms. The highest BCUT2D eigenvalue weighted by Crippen LogP contribution is 2.25. The van der Waals surface area contributed by atoms with Crippen molar-refractivity contribution in [2.75, 3.05) is 19.7 Å². The van der Waals surface area contributed by atoms with E-state index in [4.69, 9.17) is 9.72 Å². The minimum Gasteiger partial charge on any atom is -0.368 e. The van der Waals surface area contributed by atoms with Gasteiger partial charge in [0.1, 0.15) is 6.10 Å². The molecule has 3 aromatic rings. The SMILES string of the molecule is O=C(CCn1ncc2c1CCCC2)N1CCO[C@H](c2cccc(-c3cn[nH]c3)n2)C1. The van der Waals surface area contributed by atoms with Crippen LogP contribution in [0.25, 0.3) is 11.3 Å². The summed E-state index contributed by atoms with van der Waals surface area (Å²) >= 11 is 0. The minimum atomic E-state index is -0.216. The van der Waals surface area contributed by atoms with Gasteiger partial charge >= 0.3 is 0 Å². The van der Waals surface area contributed by atoms with Crippen molar-refractivity contribution < 1.29 is 9.53 Å². The summed E-state index contributed by atoms with van der Waals surface area (Å²) in [6.07, 6.45) is 10.4. The van der Waals surface area contributed by atoms with E-state index >= 15 is 0 Å². The van der Waals surface area contributed by atoms with E-state index in [9.17, 15) is 4.79 Å². The predicted octanol–water partition coefficient (Wildman–Crippen LogP) is 2.54. The average molecular weight is 406 g/mol. The highest BCUT2D eigenvalue weighted by atomic mass is 16.5. The van der Waals surface area contributed by atoms with Gasteiger partial charge in [0, 0.05) is 37.0 Å². The van der Waals surface area contributed by atoms with Crippen LogP contribution in [0.2, 0.25) is 0 Å². The van der Waals surface area contributed by atoms with E-state index in [1.165, 1.54) is 24.1 Å². The number of H-pyrrole nitrogens is 1. The van der Waals surface area contributed by atoms with E-state index < -0.39 is 0 Å². The molecule has 1 aliphatic heterocycles. The van der Waals surface area contributed by atoms with Gasteiger partial charge in [0.15, 0.2) is 0 Å². The zero-order valence-electron chi connectivity index (χ0n) is 17.0. The van der Waals surface area contributed by atoms with E-state index in [0.29, 0.717) is 32.7 Å². The van der Waals surface area contributed by atoms with Crippen molar-refractivity contribution in [3.8, 4) is 11.3 Å². The molecule has 1 amide bonds. The van der Waals surface area contributed by atoms with E-state index in [0.717, 1.165) is 29.8 Å². The van der Waals surface area contributed by atoms with E-state index in [2.05, 4.69) is 15.3 Å². The summed E-state index contributed by atoms with van der Waals surface area (Å²) in [7, 11) is 0. The number of carbonyl (C=O) groups excluding carboxylic acids is 1. The molecule has 4 heterocycles. The van der Waals surface area contributed by atoms with Gasteiger partial charge in [0.25, 0.3) is 0 Å². The van der Waals surface area contributed by atoms with Crippen LogP contribution in [0, 0.1) is 0 Å². The number of nitrogens with zero attached hydrogens (tertiary/aromatic N) is 5. The lowest BCUT2D eigenvalue weighted by atomic mass is 9.98. The lowest BCUT2D eigenvalue weighted by Gasteiger charge is -2.33. The molecule has 8 nitrogen and oxygen atoms in total. The number of nitrogens with one attached hydrogen (secondary N) is 1.